The molecule has 5 aliphatic heterocycles. The molecule has 206 valence electrons. The minimum Gasteiger partial charge on any atom is -0.390 e. The monoisotopic (exact) mass is 506 g/mol. The minimum absolute atomic E-state index is 0.000525. The second-order valence-corrected chi connectivity index (χ2v) is 14.8. The lowest BCUT2D eigenvalue weighted by molar-refractivity contribution is 0.0662. The fourth-order valence-corrected chi connectivity index (χ4v) is 7.60. The highest BCUT2D eigenvalue weighted by Gasteiger charge is 2.66. The first-order valence-electron chi connectivity index (χ1n) is 14.8. The van der Waals surface area contributed by atoms with Gasteiger partial charge in [-0.25, -0.2) is 0 Å². The maximum Gasteiger partial charge on any atom is 0.0953 e. The lowest BCUT2D eigenvalue weighted by atomic mass is 9.72. The molecular formula is C30H50O6. The van der Waals surface area contributed by atoms with Crippen molar-refractivity contribution in [1.29, 1.82) is 0 Å². The molecule has 5 heterocycles. The molecule has 9 atom stereocenters. The number of aliphatic hydroxyl groups is 1. The normalized spacial score (nSPS) is 49.9. The van der Waals surface area contributed by atoms with Crippen molar-refractivity contribution in [3.63, 3.8) is 0 Å². The second-order valence-electron chi connectivity index (χ2n) is 14.8. The summed E-state index contributed by atoms with van der Waals surface area (Å²) in [6.07, 6.45) is 14.7. The molecule has 5 saturated heterocycles. The van der Waals surface area contributed by atoms with Gasteiger partial charge in [0.15, 0.2) is 0 Å². The number of fused-ring (bicyclic) bond motifs is 1. The van der Waals surface area contributed by atoms with Crippen LogP contribution in [0.4, 0.5) is 0 Å². The van der Waals surface area contributed by atoms with Crippen LogP contribution in [0.5, 0.6) is 0 Å². The van der Waals surface area contributed by atoms with Crippen molar-refractivity contribution in [2.45, 2.75) is 177 Å². The van der Waals surface area contributed by atoms with Crippen molar-refractivity contribution in [3.8, 4) is 0 Å². The van der Waals surface area contributed by atoms with Gasteiger partial charge in [-0.05, 0) is 125 Å². The molecule has 0 amide bonds. The highest BCUT2D eigenvalue weighted by Crippen LogP contribution is 2.60. The predicted molar refractivity (Wildman–Crippen MR) is 137 cm³/mol. The molecule has 1 N–H and O–H groups in total. The Bertz CT molecular complexity index is 847. The fraction of sp³-hybridized carbons (Fsp3) is 1.00. The van der Waals surface area contributed by atoms with E-state index in [1.807, 2.05) is 13.8 Å². The summed E-state index contributed by atoms with van der Waals surface area (Å²) in [5.41, 5.74) is -0.323. The molecular weight excluding hydrogens is 456 g/mol. The molecule has 9 unspecified atom stereocenters. The SMILES string of the molecule is CC(C)(O)CCCC1(C)OC1CCC12CC(C3(CCC4OC4(C)CCC4OC4(C)C)CO3)CCC1O2. The topological polar surface area (TPSA) is 82.9 Å². The summed E-state index contributed by atoms with van der Waals surface area (Å²) >= 11 is 0. The van der Waals surface area contributed by atoms with Gasteiger partial charge < -0.3 is 28.8 Å². The third-order valence-corrected chi connectivity index (χ3v) is 10.8. The van der Waals surface area contributed by atoms with Gasteiger partial charge in [-0.2, -0.15) is 0 Å². The maximum atomic E-state index is 9.99. The van der Waals surface area contributed by atoms with Crippen LogP contribution in [0.15, 0.2) is 0 Å². The van der Waals surface area contributed by atoms with Gasteiger partial charge in [0.1, 0.15) is 0 Å². The number of ether oxygens (including phenoxy) is 5. The molecule has 0 aromatic carbocycles. The van der Waals surface area contributed by atoms with E-state index in [2.05, 4.69) is 27.7 Å². The van der Waals surface area contributed by atoms with E-state index in [1.54, 1.807) is 0 Å². The van der Waals surface area contributed by atoms with Crippen molar-refractivity contribution in [3.05, 3.63) is 0 Å². The summed E-state index contributed by atoms with van der Waals surface area (Å²) in [5.74, 6) is 0.611. The van der Waals surface area contributed by atoms with Crippen LogP contribution < -0.4 is 0 Å². The molecule has 6 aliphatic rings. The number of epoxide rings is 5. The van der Waals surface area contributed by atoms with Gasteiger partial charge in [-0.15, -0.1) is 0 Å². The zero-order valence-corrected chi connectivity index (χ0v) is 23.6. The molecule has 1 saturated carbocycles. The first-order chi connectivity index (χ1) is 16.8. The highest BCUT2D eigenvalue weighted by molar-refractivity contribution is 5.14. The lowest BCUT2D eigenvalue weighted by Crippen LogP contribution is -2.35. The van der Waals surface area contributed by atoms with E-state index in [-0.39, 0.29) is 28.0 Å². The van der Waals surface area contributed by atoms with Crippen LogP contribution in [-0.2, 0) is 23.7 Å². The minimum atomic E-state index is -0.584. The Hall–Kier alpha value is -0.240. The zero-order chi connectivity index (χ0) is 25.6. The Morgan fingerprint density at radius 1 is 0.750 bits per heavy atom. The second kappa shape index (κ2) is 8.38. The van der Waals surface area contributed by atoms with Gasteiger partial charge in [0.2, 0.25) is 0 Å². The Kier molecular flexibility index (Phi) is 6.05. The van der Waals surface area contributed by atoms with E-state index in [4.69, 9.17) is 23.7 Å². The van der Waals surface area contributed by atoms with Crippen LogP contribution in [0.25, 0.3) is 0 Å². The van der Waals surface area contributed by atoms with Gasteiger partial charge in [-0.1, -0.05) is 0 Å². The van der Waals surface area contributed by atoms with E-state index in [9.17, 15) is 5.11 Å². The predicted octanol–water partition coefficient (Wildman–Crippen LogP) is 5.47. The third kappa shape index (κ3) is 5.29. The van der Waals surface area contributed by atoms with Crippen molar-refractivity contribution in [2.24, 2.45) is 5.92 Å². The smallest absolute Gasteiger partial charge is 0.0953 e. The van der Waals surface area contributed by atoms with Gasteiger partial charge in [-0.3, -0.25) is 0 Å². The van der Waals surface area contributed by atoms with E-state index in [1.165, 1.54) is 12.8 Å². The van der Waals surface area contributed by atoms with Crippen LogP contribution in [0.3, 0.4) is 0 Å². The number of rotatable bonds is 14. The Morgan fingerprint density at radius 2 is 1.33 bits per heavy atom. The lowest BCUT2D eigenvalue weighted by Gasteiger charge is -2.30. The molecule has 0 spiro atoms. The van der Waals surface area contributed by atoms with Crippen molar-refractivity contribution < 1.29 is 28.8 Å². The van der Waals surface area contributed by atoms with E-state index in [0.29, 0.717) is 30.3 Å². The number of hydrogen-bond donors (Lipinski definition) is 1. The fourth-order valence-electron chi connectivity index (χ4n) is 7.60. The number of hydrogen-bond acceptors (Lipinski definition) is 6. The highest BCUT2D eigenvalue weighted by atomic mass is 16.6. The molecule has 0 radical (unpaired) electrons. The molecule has 6 fully saturated rings. The van der Waals surface area contributed by atoms with E-state index >= 15 is 0 Å². The van der Waals surface area contributed by atoms with Crippen LogP contribution >= 0.6 is 0 Å². The average molecular weight is 507 g/mol. The molecule has 6 rings (SSSR count). The van der Waals surface area contributed by atoms with Crippen LogP contribution in [-0.4, -0.2) is 69.7 Å². The molecule has 1 aliphatic carbocycles. The molecule has 36 heavy (non-hydrogen) atoms. The summed E-state index contributed by atoms with van der Waals surface area (Å²) in [7, 11) is 0. The summed E-state index contributed by atoms with van der Waals surface area (Å²) < 4.78 is 30.6. The van der Waals surface area contributed by atoms with Gasteiger partial charge in [0, 0.05) is 0 Å². The standard InChI is InChI=1S/C30H50O6/c1-25(2,31)13-7-14-27(5)22(34-27)11-16-29-18-20(8-9-24(29)36-29)30(19-32-30)17-12-23-28(6,35-23)15-10-21-26(3,4)33-21/h20-24,31H,7-19H2,1-6H3. The van der Waals surface area contributed by atoms with Crippen molar-refractivity contribution in [1.82, 2.24) is 0 Å². The summed E-state index contributed by atoms with van der Waals surface area (Å²) in [6, 6.07) is 0. The summed E-state index contributed by atoms with van der Waals surface area (Å²) in [6.45, 7) is 13.6. The van der Waals surface area contributed by atoms with Gasteiger partial charge >= 0.3 is 0 Å². The Balaban J connectivity index is 0.933. The third-order valence-electron chi connectivity index (χ3n) is 10.8. The van der Waals surface area contributed by atoms with Crippen molar-refractivity contribution in [2.75, 3.05) is 6.61 Å². The first kappa shape index (κ1) is 26.0. The van der Waals surface area contributed by atoms with E-state index < -0.39 is 5.60 Å². The summed E-state index contributed by atoms with van der Waals surface area (Å²) in [5, 5.41) is 9.99. The molecule has 0 aromatic rings. The van der Waals surface area contributed by atoms with E-state index in [0.717, 1.165) is 70.8 Å². The molecule has 0 bridgehead atoms. The van der Waals surface area contributed by atoms with Crippen LogP contribution in [0, 0.1) is 5.92 Å². The first-order valence-corrected chi connectivity index (χ1v) is 14.8. The van der Waals surface area contributed by atoms with Gasteiger partial charge in [0.05, 0.1) is 64.6 Å². The van der Waals surface area contributed by atoms with Crippen LogP contribution in [0.2, 0.25) is 0 Å². The quantitative estimate of drug-likeness (QED) is 0.315. The van der Waals surface area contributed by atoms with Crippen molar-refractivity contribution >= 4 is 0 Å². The Labute approximate surface area is 218 Å². The largest absolute Gasteiger partial charge is 0.390 e. The zero-order valence-electron chi connectivity index (χ0n) is 23.6. The molecule has 6 heteroatoms. The van der Waals surface area contributed by atoms with Gasteiger partial charge in [0.25, 0.3) is 0 Å². The Morgan fingerprint density at radius 3 is 1.92 bits per heavy atom. The molecule has 0 aromatic heterocycles. The average Bonchev–Trinajstić information content (AvgIpc) is 3.56. The summed E-state index contributed by atoms with van der Waals surface area (Å²) in [4.78, 5) is 0. The maximum absolute atomic E-state index is 9.99. The molecule has 6 nitrogen and oxygen atoms in total. The van der Waals surface area contributed by atoms with Crippen LogP contribution in [0.1, 0.15) is 119 Å².